The van der Waals surface area contributed by atoms with Gasteiger partial charge in [0.2, 0.25) is 5.03 Å². The Labute approximate surface area is 110 Å². The summed E-state index contributed by atoms with van der Waals surface area (Å²) in [5.74, 6) is -0.887. The largest absolute Gasteiger partial charge is 0.394 e. The van der Waals surface area contributed by atoms with E-state index in [4.69, 9.17) is 9.84 Å². The maximum Gasteiger partial charge on any atom is 0.263 e. The average Bonchev–Trinajstić information content (AvgIpc) is 2.38. The summed E-state index contributed by atoms with van der Waals surface area (Å²) >= 11 is 0. The van der Waals surface area contributed by atoms with Gasteiger partial charge in [0.1, 0.15) is 0 Å². The molecule has 2 rings (SSSR count). The molecule has 106 valence electrons. The molecule has 0 amide bonds. The van der Waals surface area contributed by atoms with Crippen LogP contribution in [0.2, 0.25) is 0 Å². The van der Waals surface area contributed by atoms with Crippen molar-refractivity contribution in [1.82, 2.24) is 9.29 Å². The summed E-state index contributed by atoms with van der Waals surface area (Å²) in [4.78, 5) is 3.59. The van der Waals surface area contributed by atoms with Gasteiger partial charge in [0.05, 0.1) is 18.8 Å². The van der Waals surface area contributed by atoms with Gasteiger partial charge in [-0.3, -0.25) is 0 Å². The Balaban J connectivity index is 2.32. The molecule has 1 fully saturated rings. The first kappa shape index (κ1) is 14.3. The van der Waals surface area contributed by atoms with E-state index in [0.29, 0.717) is 0 Å². The molecule has 1 saturated heterocycles. The molecule has 2 unspecified atom stereocenters. The topological polar surface area (TPSA) is 79.7 Å². The number of aliphatic hydroxyl groups is 1. The Bertz CT molecular complexity index is 551. The van der Waals surface area contributed by atoms with Crippen LogP contribution in [0.5, 0.6) is 0 Å². The first-order chi connectivity index (χ1) is 8.95. The molecule has 1 aliphatic heterocycles. The van der Waals surface area contributed by atoms with Gasteiger partial charge < -0.3 is 9.84 Å². The fourth-order valence-corrected chi connectivity index (χ4v) is 3.51. The predicted octanol–water partition coefficient (Wildman–Crippen LogP) is -0.00900. The van der Waals surface area contributed by atoms with Crippen LogP contribution in [0.4, 0.5) is 4.39 Å². The van der Waals surface area contributed by atoms with Crippen LogP contribution in [0.15, 0.2) is 23.4 Å². The van der Waals surface area contributed by atoms with Crippen molar-refractivity contribution in [1.29, 1.82) is 0 Å². The van der Waals surface area contributed by atoms with E-state index in [1.165, 1.54) is 12.3 Å². The Hall–Kier alpha value is -1.09. The van der Waals surface area contributed by atoms with Crippen LogP contribution < -0.4 is 0 Å². The molecule has 0 radical (unpaired) electrons. The minimum Gasteiger partial charge on any atom is -0.394 e. The lowest BCUT2D eigenvalue weighted by Gasteiger charge is -2.34. The minimum absolute atomic E-state index is 0.0147. The summed E-state index contributed by atoms with van der Waals surface area (Å²) in [5, 5.41) is 8.48. The molecule has 1 N–H and O–H groups in total. The van der Waals surface area contributed by atoms with Crippen LogP contribution >= 0.6 is 0 Å². The second kappa shape index (κ2) is 5.49. The third kappa shape index (κ3) is 2.92. The minimum atomic E-state index is -4.01. The van der Waals surface area contributed by atoms with E-state index in [-0.39, 0.29) is 25.8 Å². The first-order valence-corrected chi connectivity index (χ1v) is 7.26. The smallest absolute Gasteiger partial charge is 0.263 e. The second-order valence-electron chi connectivity index (χ2n) is 4.36. The summed E-state index contributed by atoms with van der Waals surface area (Å²) in [6, 6.07) is 2.38. The molecule has 0 spiro atoms. The van der Waals surface area contributed by atoms with Crippen LogP contribution in [0, 0.1) is 5.82 Å². The molecule has 1 aromatic rings. The van der Waals surface area contributed by atoms with Gasteiger partial charge in [-0.25, -0.2) is 17.8 Å². The first-order valence-electron chi connectivity index (χ1n) is 5.82. The Morgan fingerprint density at radius 3 is 2.95 bits per heavy atom. The number of nitrogens with zero attached hydrogens (tertiary/aromatic N) is 2. The average molecular weight is 290 g/mol. The highest BCUT2D eigenvalue weighted by molar-refractivity contribution is 7.89. The fourth-order valence-electron chi connectivity index (χ4n) is 1.98. The summed E-state index contributed by atoms with van der Waals surface area (Å²) in [6.45, 7) is 1.49. The third-order valence-electron chi connectivity index (χ3n) is 2.81. The van der Waals surface area contributed by atoms with E-state index in [1.807, 2.05) is 0 Å². The van der Waals surface area contributed by atoms with Crippen molar-refractivity contribution < 1.29 is 22.7 Å². The molecular weight excluding hydrogens is 275 g/mol. The number of ether oxygens (including phenoxy) is 1. The molecule has 8 heteroatoms. The van der Waals surface area contributed by atoms with Crippen molar-refractivity contribution in [3.63, 3.8) is 0 Å². The molecule has 0 aromatic carbocycles. The number of aliphatic hydroxyl groups excluding tert-OH is 1. The number of hydrogen-bond acceptors (Lipinski definition) is 5. The van der Waals surface area contributed by atoms with Gasteiger partial charge in [-0.2, -0.15) is 4.31 Å². The van der Waals surface area contributed by atoms with Gasteiger partial charge in [0.25, 0.3) is 10.0 Å². The number of pyridine rings is 1. The van der Waals surface area contributed by atoms with Crippen LogP contribution in [0.3, 0.4) is 0 Å². The molecule has 0 bridgehead atoms. The monoisotopic (exact) mass is 290 g/mol. The highest BCUT2D eigenvalue weighted by Crippen LogP contribution is 2.21. The van der Waals surface area contributed by atoms with Gasteiger partial charge in [-0.15, -0.1) is 0 Å². The Kier molecular flexibility index (Phi) is 4.14. The molecule has 2 heterocycles. The lowest BCUT2D eigenvalue weighted by Crippen LogP contribution is -2.50. The van der Waals surface area contributed by atoms with Gasteiger partial charge in [-0.1, -0.05) is 0 Å². The fraction of sp³-hybridized carbons (Fsp3) is 0.545. The van der Waals surface area contributed by atoms with Crippen LogP contribution in [-0.4, -0.2) is 54.7 Å². The number of hydrogen-bond donors (Lipinski definition) is 1. The quantitative estimate of drug-likeness (QED) is 0.847. The van der Waals surface area contributed by atoms with Crippen LogP contribution in [0.25, 0.3) is 0 Å². The summed E-state index contributed by atoms with van der Waals surface area (Å²) in [7, 11) is -4.01. The van der Waals surface area contributed by atoms with Crippen LogP contribution in [0.1, 0.15) is 6.92 Å². The van der Waals surface area contributed by atoms with Crippen LogP contribution in [-0.2, 0) is 14.8 Å². The molecule has 6 nitrogen and oxygen atoms in total. The van der Waals surface area contributed by atoms with E-state index >= 15 is 0 Å². The standard InChI is InChI=1S/C11H15FN2O4S/c1-8-5-14(6-9(7-15)18-8)19(16,17)11-10(12)3-2-4-13-11/h2-4,8-9,15H,5-7H2,1H3. The number of sulfonamides is 1. The van der Waals surface area contributed by atoms with E-state index in [1.54, 1.807) is 6.92 Å². The number of halogens is 1. The number of rotatable bonds is 3. The third-order valence-corrected chi connectivity index (χ3v) is 4.57. The van der Waals surface area contributed by atoms with Gasteiger partial charge in [0, 0.05) is 19.3 Å². The zero-order chi connectivity index (χ0) is 14.0. The Morgan fingerprint density at radius 1 is 1.58 bits per heavy atom. The second-order valence-corrected chi connectivity index (χ2v) is 6.22. The van der Waals surface area contributed by atoms with Crippen molar-refractivity contribution in [2.45, 2.75) is 24.2 Å². The van der Waals surface area contributed by atoms with E-state index < -0.39 is 27.0 Å². The molecule has 0 saturated carbocycles. The summed E-state index contributed by atoms with van der Waals surface area (Å²) < 4.78 is 44.6. The number of morpholine rings is 1. The molecule has 0 aliphatic carbocycles. The predicted molar refractivity (Wildman–Crippen MR) is 64.4 cm³/mol. The van der Waals surface area contributed by atoms with Crippen molar-refractivity contribution in [3.05, 3.63) is 24.1 Å². The molecule has 1 aliphatic rings. The molecule has 2 atom stereocenters. The van der Waals surface area contributed by atoms with Gasteiger partial charge >= 0.3 is 0 Å². The maximum atomic E-state index is 13.6. The highest BCUT2D eigenvalue weighted by atomic mass is 32.2. The molecular formula is C11H15FN2O4S. The Morgan fingerprint density at radius 2 is 2.32 bits per heavy atom. The summed E-state index contributed by atoms with van der Waals surface area (Å²) in [6.07, 6.45) is 0.251. The van der Waals surface area contributed by atoms with Gasteiger partial charge in [0.15, 0.2) is 5.82 Å². The maximum absolute atomic E-state index is 13.6. The van der Waals surface area contributed by atoms with Gasteiger partial charge in [-0.05, 0) is 19.1 Å². The lowest BCUT2D eigenvalue weighted by atomic mass is 10.2. The van der Waals surface area contributed by atoms with Crippen molar-refractivity contribution >= 4 is 10.0 Å². The SMILES string of the molecule is CC1CN(S(=O)(=O)c2ncccc2F)CC(CO)O1. The lowest BCUT2D eigenvalue weighted by molar-refractivity contribution is -0.0751. The normalized spacial score (nSPS) is 25.4. The van der Waals surface area contributed by atoms with Crippen molar-refractivity contribution in [2.24, 2.45) is 0 Å². The highest BCUT2D eigenvalue weighted by Gasteiger charge is 2.35. The zero-order valence-corrected chi connectivity index (χ0v) is 11.2. The van der Waals surface area contributed by atoms with Crippen molar-refractivity contribution in [2.75, 3.05) is 19.7 Å². The van der Waals surface area contributed by atoms with E-state index in [9.17, 15) is 12.8 Å². The summed E-state index contributed by atoms with van der Waals surface area (Å²) in [5.41, 5.74) is 0. The molecule has 19 heavy (non-hydrogen) atoms. The molecule has 1 aromatic heterocycles. The van der Waals surface area contributed by atoms with Crippen molar-refractivity contribution in [3.8, 4) is 0 Å². The zero-order valence-electron chi connectivity index (χ0n) is 10.4. The number of aromatic nitrogens is 1. The van der Waals surface area contributed by atoms with E-state index in [0.717, 1.165) is 10.4 Å². The van der Waals surface area contributed by atoms with E-state index in [2.05, 4.69) is 4.98 Å².